The van der Waals surface area contributed by atoms with Crippen LogP contribution >= 0.6 is 11.3 Å². The maximum Gasteiger partial charge on any atom is 0.436 e. The number of carbonyl (C=O) groups is 1. The van der Waals surface area contributed by atoms with Gasteiger partial charge in [0.1, 0.15) is 0 Å². The van der Waals surface area contributed by atoms with E-state index in [4.69, 9.17) is 10.6 Å². The number of ether oxygens (including phenoxy) is 1. The molecule has 0 spiro atoms. The van der Waals surface area contributed by atoms with Crippen molar-refractivity contribution in [1.82, 2.24) is 15.0 Å². The molecule has 7 nitrogen and oxygen atoms in total. The summed E-state index contributed by atoms with van der Waals surface area (Å²) in [5.41, 5.74) is 1.88. The molecule has 0 aromatic carbocycles. The molecule has 0 aliphatic rings. The van der Waals surface area contributed by atoms with Crippen LogP contribution in [0.15, 0.2) is 49.1 Å². The van der Waals surface area contributed by atoms with Gasteiger partial charge in [0.05, 0.1) is 17.6 Å². The molecule has 0 aliphatic carbocycles. The molecule has 3 rings (SSSR count). The van der Waals surface area contributed by atoms with E-state index >= 15 is 0 Å². The normalized spacial score (nSPS) is 11.2. The van der Waals surface area contributed by atoms with Crippen LogP contribution in [0.5, 0.6) is 5.19 Å². The van der Waals surface area contributed by atoms with Crippen molar-refractivity contribution in [3.8, 4) is 16.5 Å². The van der Waals surface area contributed by atoms with Gasteiger partial charge in [0.15, 0.2) is 0 Å². The number of nitrogens with two attached hydrogens (primary N) is 1. The van der Waals surface area contributed by atoms with E-state index in [9.17, 15) is 4.79 Å². The summed E-state index contributed by atoms with van der Waals surface area (Å²) >= 11 is 1.32. The maximum absolute atomic E-state index is 12.3. The highest BCUT2D eigenvalue weighted by molar-refractivity contribution is 7.14. The lowest BCUT2D eigenvalue weighted by atomic mass is 9.92. The largest absolute Gasteiger partial charge is 0.436 e. The Morgan fingerprint density at radius 3 is 2.42 bits per heavy atom. The van der Waals surface area contributed by atoms with Crippen molar-refractivity contribution in [2.75, 3.05) is 5.01 Å². The third-order valence-electron chi connectivity index (χ3n) is 3.52. The zero-order chi connectivity index (χ0) is 18.7. The van der Waals surface area contributed by atoms with Crippen molar-refractivity contribution in [2.24, 2.45) is 5.84 Å². The van der Waals surface area contributed by atoms with Crippen LogP contribution in [-0.4, -0.2) is 21.0 Å². The number of hydrogen-bond donors (Lipinski definition) is 1. The predicted octanol–water partition coefficient (Wildman–Crippen LogP) is 3.78. The molecule has 8 heteroatoms. The first-order valence-electron chi connectivity index (χ1n) is 7.94. The highest BCUT2D eigenvalue weighted by Crippen LogP contribution is 2.40. The molecule has 3 aromatic rings. The van der Waals surface area contributed by atoms with Crippen LogP contribution in [0.2, 0.25) is 0 Å². The van der Waals surface area contributed by atoms with Crippen molar-refractivity contribution in [1.29, 1.82) is 0 Å². The fourth-order valence-corrected chi connectivity index (χ4v) is 3.27. The number of hydrogen-bond acceptors (Lipinski definition) is 7. The summed E-state index contributed by atoms with van der Waals surface area (Å²) in [6.07, 6.45) is 5.78. The summed E-state index contributed by atoms with van der Waals surface area (Å²) in [7, 11) is 0. The Balaban J connectivity index is 1.89. The molecule has 0 radical (unpaired) electrons. The summed E-state index contributed by atoms with van der Waals surface area (Å²) in [6.45, 7) is 6.24. The molecule has 0 atom stereocenters. The minimum atomic E-state index is -0.732. The van der Waals surface area contributed by atoms with Gasteiger partial charge in [-0.2, -0.15) is 0 Å². The molecular weight excluding hydrogens is 350 g/mol. The third-order valence-corrected chi connectivity index (χ3v) is 4.88. The minimum absolute atomic E-state index is 0.167. The lowest BCUT2D eigenvalue weighted by Crippen LogP contribution is -2.39. The highest BCUT2D eigenvalue weighted by Gasteiger charge is 2.26. The SMILES string of the molecule is CC(C)(C)c1sc(OC(=O)N(N)c2cccnc2)nc1-c1cccnc1. The van der Waals surface area contributed by atoms with Crippen LogP contribution in [0.1, 0.15) is 25.6 Å². The van der Waals surface area contributed by atoms with Gasteiger partial charge in [-0.05, 0) is 29.7 Å². The van der Waals surface area contributed by atoms with E-state index < -0.39 is 6.09 Å². The number of carbonyl (C=O) groups excluding carboxylic acids is 1. The summed E-state index contributed by atoms with van der Waals surface area (Å²) in [5.74, 6) is 5.81. The van der Waals surface area contributed by atoms with E-state index in [0.717, 1.165) is 21.1 Å². The highest BCUT2D eigenvalue weighted by atomic mass is 32.1. The van der Waals surface area contributed by atoms with E-state index in [0.29, 0.717) is 5.69 Å². The molecule has 1 amide bonds. The molecule has 0 fully saturated rings. The van der Waals surface area contributed by atoms with E-state index in [1.807, 2.05) is 12.1 Å². The number of nitrogens with zero attached hydrogens (tertiary/aromatic N) is 4. The lowest BCUT2D eigenvalue weighted by Gasteiger charge is -2.17. The molecule has 3 aromatic heterocycles. The van der Waals surface area contributed by atoms with Crippen LogP contribution in [0, 0.1) is 0 Å². The fourth-order valence-electron chi connectivity index (χ4n) is 2.28. The van der Waals surface area contributed by atoms with Gasteiger partial charge in [-0.1, -0.05) is 32.1 Å². The van der Waals surface area contributed by atoms with Crippen molar-refractivity contribution < 1.29 is 9.53 Å². The van der Waals surface area contributed by atoms with Gasteiger partial charge in [0.25, 0.3) is 5.19 Å². The van der Waals surface area contributed by atoms with Crippen LogP contribution < -0.4 is 15.6 Å². The van der Waals surface area contributed by atoms with Gasteiger partial charge in [-0.15, -0.1) is 0 Å². The van der Waals surface area contributed by atoms with Gasteiger partial charge in [-0.3, -0.25) is 9.97 Å². The fraction of sp³-hybridized carbons (Fsp3) is 0.222. The molecular formula is C18H19N5O2S. The Kier molecular flexibility index (Phi) is 4.97. The zero-order valence-electron chi connectivity index (χ0n) is 14.7. The number of thiazole rings is 1. The number of amides is 1. The smallest absolute Gasteiger partial charge is 0.380 e. The Morgan fingerprint density at radius 1 is 1.15 bits per heavy atom. The molecule has 0 unspecified atom stereocenters. The maximum atomic E-state index is 12.3. The van der Waals surface area contributed by atoms with E-state index in [1.54, 1.807) is 30.7 Å². The number of hydrazine groups is 1. The molecule has 0 aliphatic heterocycles. The lowest BCUT2D eigenvalue weighted by molar-refractivity contribution is 0.207. The summed E-state index contributed by atoms with van der Waals surface area (Å²) in [6, 6.07) is 7.12. The predicted molar refractivity (Wildman–Crippen MR) is 101 cm³/mol. The van der Waals surface area contributed by atoms with Crippen molar-refractivity contribution in [3.63, 3.8) is 0 Å². The van der Waals surface area contributed by atoms with Crippen molar-refractivity contribution >= 4 is 23.1 Å². The monoisotopic (exact) mass is 369 g/mol. The second-order valence-electron chi connectivity index (χ2n) is 6.60. The van der Waals surface area contributed by atoms with Crippen molar-refractivity contribution in [2.45, 2.75) is 26.2 Å². The first-order chi connectivity index (χ1) is 12.4. The number of anilines is 1. The van der Waals surface area contributed by atoms with Gasteiger partial charge in [0, 0.05) is 29.0 Å². The van der Waals surface area contributed by atoms with Crippen molar-refractivity contribution in [3.05, 3.63) is 53.9 Å². The molecule has 26 heavy (non-hydrogen) atoms. The van der Waals surface area contributed by atoms with Crippen LogP contribution in [0.4, 0.5) is 10.5 Å². The van der Waals surface area contributed by atoms with Gasteiger partial charge in [0.2, 0.25) is 0 Å². The average molecular weight is 369 g/mol. The van der Waals surface area contributed by atoms with E-state index in [2.05, 4.69) is 35.7 Å². The van der Waals surface area contributed by atoms with Gasteiger partial charge in [-0.25, -0.2) is 20.6 Å². The summed E-state index contributed by atoms with van der Waals surface area (Å²) in [5, 5.41) is 1.13. The summed E-state index contributed by atoms with van der Waals surface area (Å²) in [4.78, 5) is 25.9. The number of aromatic nitrogens is 3. The third kappa shape index (κ3) is 3.87. The topological polar surface area (TPSA) is 94.2 Å². The molecule has 2 N–H and O–H groups in total. The first kappa shape index (κ1) is 18.0. The molecule has 0 saturated carbocycles. The Bertz CT molecular complexity index is 891. The van der Waals surface area contributed by atoms with Crippen LogP contribution in [0.3, 0.4) is 0 Å². The second kappa shape index (κ2) is 7.19. The Morgan fingerprint density at radius 2 is 1.85 bits per heavy atom. The first-order valence-corrected chi connectivity index (χ1v) is 8.76. The van der Waals surface area contributed by atoms with E-state index in [-0.39, 0.29) is 10.6 Å². The van der Waals surface area contributed by atoms with E-state index in [1.165, 1.54) is 17.5 Å². The average Bonchev–Trinajstić information content (AvgIpc) is 3.07. The minimum Gasteiger partial charge on any atom is -0.380 e. The Labute approximate surface area is 155 Å². The number of rotatable bonds is 3. The Hall–Kier alpha value is -2.84. The van der Waals surface area contributed by atoms with Crippen LogP contribution in [-0.2, 0) is 5.41 Å². The second-order valence-corrected chi connectivity index (χ2v) is 7.56. The van der Waals surface area contributed by atoms with Crippen LogP contribution in [0.25, 0.3) is 11.3 Å². The van der Waals surface area contributed by atoms with Gasteiger partial charge < -0.3 is 4.74 Å². The molecule has 134 valence electrons. The summed E-state index contributed by atoms with van der Waals surface area (Å²) < 4.78 is 5.39. The quantitative estimate of drug-likeness (QED) is 0.429. The molecule has 0 saturated heterocycles. The number of pyridine rings is 2. The standard InChI is InChI=1S/C18H19N5O2S/c1-18(2,3)15-14(12-6-4-8-20-10-12)22-16(26-15)25-17(24)23(19)13-7-5-9-21-11-13/h4-11H,19H2,1-3H3. The molecule has 0 bridgehead atoms. The van der Waals surface area contributed by atoms with Gasteiger partial charge >= 0.3 is 6.09 Å². The zero-order valence-corrected chi connectivity index (χ0v) is 15.5. The molecule has 3 heterocycles.